The lowest BCUT2D eigenvalue weighted by atomic mass is 10.2. The molecule has 6 nitrogen and oxygen atoms in total. The van der Waals surface area contributed by atoms with Crippen LogP contribution < -0.4 is 16.1 Å². The number of hydrogen-bond donors (Lipinski definition) is 3. The predicted octanol–water partition coefficient (Wildman–Crippen LogP) is 3.90. The van der Waals surface area contributed by atoms with Gasteiger partial charge in [0.1, 0.15) is 5.69 Å². The lowest BCUT2D eigenvalue weighted by molar-refractivity contribution is 0.102. The summed E-state index contributed by atoms with van der Waals surface area (Å²) in [7, 11) is 0. The molecule has 2 amide bonds. The molecule has 26 heavy (non-hydrogen) atoms. The van der Waals surface area contributed by atoms with E-state index in [1.54, 1.807) is 37.3 Å². The Morgan fingerprint density at radius 2 is 1.88 bits per heavy atom. The van der Waals surface area contributed by atoms with Gasteiger partial charge in [0.05, 0.1) is 20.5 Å². The molecule has 0 aliphatic heterocycles. The van der Waals surface area contributed by atoms with Gasteiger partial charge in [-0.3, -0.25) is 14.4 Å². The number of aromatic amines is 1. The Morgan fingerprint density at radius 1 is 1.12 bits per heavy atom. The Bertz CT molecular complexity index is 1040. The van der Waals surface area contributed by atoms with E-state index < -0.39 is 5.91 Å². The third-order valence-electron chi connectivity index (χ3n) is 3.55. The van der Waals surface area contributed by atoms with Crippen LogP contribution >= 0.6 is 22.9 Å². The Morgan fingerprint density at radius 3 is 2.62 bits per heavy atom. The number of aryl methyl sites for hydroxylation is 1. The molecule has 3 N–H and O–H groups in total. The highest BCUT2D eigenvalue weighted by atomic mass is 35.5. The Kier molecular flexibility index (Phi) is 5.20. The van der Waals surface area contributed by atoms with E-state index in [-0.39, 0.29) is 17.0 Å². The van der Waals surface area contributed by atoms with Gasteiger partial charge in [-0.15, -0.1) is 11.3 Å². The van der Waals surface area contributed by atoms with Gasteiger partial charge in [0, 0.05) is 18.5 Å². The molecule has 2 heterocycles. The number of pyridine rings is 1. The summed E-state index contributed by atoms with van der Waals surface area (Å²) in [6.07, 6.45) is 2.90. The van der Waals surface area contributed by atoms with Crippen molar-refractivity contribution in [2.24, 2.45) is 0 Å². The maximum Gasteiger partial charge on any atom is 0.266 e. The van der Waals surface area contributed by atoms with E-state index in [2.05, 4.69) is 15.6 Å². The summed E-state index contributed by atoms with van der Waals surface area (Å²) in [5.74, 6) is -0.772. The van der Waals surface area contributed by atoms with Gasteiger partial charge in [-0.05, 0) is 30.7 Å². The number of carbonyl (C=O) groups is 2. The van der Waals surface area contributed by atoms with E-state index in [9.17, 15) is 14.4 Å². The quantitative estimate of drug-likeness (QED) is 0.634. The van der Waals surface area contributed by atoms with Gasteiger partial charge in [-0.25, -0.2) is 0 Å². The molecule has 0 saturated carbocycles. The van der Waals surface area contributed by atoms with Crippen LogP contribution in [-0.2, 0) is 0 Å². The number of rotatable bonds is 4. The average Bonchev–Trinajstić information content (AvgIpc) is 2.97. The van der Waals surface area contributed by atoms with Crippen LogP contribution in [-0.4, -0.2) is 16.8 Å². The fourth-order valence-electron chi connectivity index (χ4n) is 2.29. The van der Waals surface area contributed by atoms with E-state index in [0.717, 1.165) is 11.3 Å². The van der Waals surface area contributed by atoms with Crippen molar-refractivity contribution in [3.63, 3.8) is 0 Å². The van der Waals surface area contributed by atoms with Gasteiger partial charge in [-0.1, -0.05) is 23.7 Å². The molecule has 0 radical (unpaired) electrons. The first kappa shape index (κ1) is 17.9. The highest BCUT2D eigenvalue weighted by Gasteiger charge is 2.17. The monoisotopic (exact) mass is 387 g/mol. The van der Waals surface area contributed by atoms with Crippen molar-refractivity contribution < 1.29 is 9.59 Å². The van der Waals surface area contributed by atoms with E-state index >= 15 is 0 Å². The minimum atomic E-state index is -0.414. The van der Waals surface area contributed by atoms with Crippen molar-refractivity contribution in [1.29, 1.82) is 0 Å². The molecule has 0 fully saturated rings. The largest absolute Gasteiger partial charge is 0.366 e. The Labute approximate surface area is 157 Å². The van der Waals surface area contributed by atoms with Gasteiger partial charge in [-0.2, -0.15) is 0 Å². The number of anilines is 2. The third-order valence-corrected chi connectivity index (χ3v) is 5.03. The molecule has 8 heteroatoms. The van der Waals surface area contributed by atoms with E-state index in [1.165, 1.54) is 18.5 Å². The molecule has 3 aromatic rings. The summed E-state index contributed by atoms with van der Waals surface area (Å²) in [4.78, 5) is 39.6. The smallest absolute Gasteiger partial charge is 0.266 e. The SMILES string of the molecule is Cc1cc(NC(=O)c2ccccc2Cl)sc1C(=O)Nc1c[nH]ccc1=O. The molecule has 0 spiro atoms. The summed E-state index contributed by atoms with van der Waals surface area (Å²) in [5, 5.41) is 6.17. The zero-order chi connectivity index (χ0) is 18.7. The lowest BCUT2D eigenvalue weighted by Gasteiger charge is -2.04. The summed E-state index contributed by atoms with van der Waals surface area (Å²) in [6, 6.07) is 9.73. The molecule has 132 valence electrons. The van der Waals surface area contributed by atoms with Gasteiger partial charge in [0.15, 0.2) is 0 Å². The number of halogens is 1. The summed E-state index contributed by atoms with van der Waals surface area (Å²) >= 11 is 7.15. The zero-order valence-corrected chi connectivity index (χ0v) is 15.2. The van der Waals surface area contributed by atoms with Crippen LogP contribution in [0.15, 0.2) is 53.6 Å². The molecule has 0 unspecified atom stereocenters. The second-order valence-corrected chi connectivity index (χ2v) is 6.89. The first-order valence-electron chi connectivity index (χ1n) is 7.60. The van der Waals surface area contributed by atoms with Crippen LogP contribution in [0.1, 0.15) is 25.6 Å². The maximum absolute atomic E-state index is 12.4. The topological polar surface area (TPSA) is 91.1 Å². The molecule has 2 aromatic heterocycles. The summed E-state index contributed by atoms with van der Waals surface area (Å²) < 4.78 is 0. The van der Waals surface area contributed by atoms with Gasteiger partial charge in [0.2, 0.25) is 5.43 Å². The highest BCUT2D eigenvalue weighted by molar-refractivity contribution is 7.18. The number of thiophene rings is 1. The van der Waals surface area contributed by atoms with Crippen LogP contribution in [0.25, 0.3) is 0 Å². The number of carbonyl (C=O) groups excluding carboxylic acids is 2. The number of aromatic nitrogens is 1. The lowest BCUT2D eigenvalue weighted by Crippen LogP contribution is -2.17. The summed E-state index contributed by atoms with van der Waals surface area (Å²) in [5.41, 5.74) is 0.905. The van der Waals surface area contributed by atoms with E-state index in [0.29, 0.717) is 26.0 Å². The van der Waals surface area contributed by atoms with Crippen molar-refractivity contribution >= 4 is 45.4 Å². The second kappa shape index (κ2) is 7.55. The molecule has 1 aromatic carbocycles. The Hall–Kier alpha value is -2.90. The average molecular weight is 388 g/mol. The molecule has 0 saturated heterocycles. The normalized spacial score (nSPS) is 10.4. The minimum Gasteiger partial charge on any atom is -0.366 e. The number of hydrogen-bond acceptors (Lipinski definition) is 4. The van der Waals surface area contributed by atoms with Crippen LogP contribution in [0.5, 0.6) is 0 Å². The van der Waals surface area contributed by atoms with Crippen molar-refractivity contribution in [2.45, 2.75) is 6.92 Å². The summed E-state index contributed by atoms with van der Waals surface area (Å²) in [6.45, 7) is 1.76. The molecule has 3 rings (SSSR count). The van der Waals surface area contributed by atoms with Crippen molar-refractivity contribution in [3.8, 4) is 0 Å². The molecule has 0 bridgehead atoms. The van der Waals surface area contributed by atoms with Crippen LogP contribution in [0, 0.1) is 6.92 Å². The minimum absolute atomic E-state index is 0.159. The van der Waals surface area contributed by atoms with Crippen molar-refractivity contribution in [1.82, 2.24) is 4.98 Å². The number of nitrogens with one attached hydrogen (secondary N) is 3. The first-order valence-corrected chi connectivity index (χ1v) is 8.80. The molecule has 0 atom stereocenters. The number of H-pyrrole nitrogens is 1. The van der Waals surface area contributed by atoms with Gasteiger partial charge in [0.25, 0.3) is 11.8 Å². The van der Waals surface area contributed by atoms with Crippen LogP contribution in [0.4, 0.5) is 10.7 Å². The zero-order valence-electron chi connectivity index (χ0n) is 13.6. The molecular formula is C18H14ClN3O3S. The second-order valence-electron chi connectivity index (χ2n) is 5.43. The van der Waals surface area contributed by atoms with E-state index in [1.807, 2.05) is 0 Å². The molecule has 0 aliphatic rings. The van der Waals surface area contributed by atoms with Crippen molar-refractivity contribution in [2.75, 3.05) is 10.6 Å². The fraction of sp³-hybridized carbons (Fsp3) is 0.0556. The Balaban J connectivity index is 1.78. The fourth-order valence-corrected chi connectivity index (χ4v) is 3.47. The predicted molar refractivity (Wildman–Crippen MR) is 103 cm³/mol. The third kappa shape index (κ3) is 3.84. The van der Waals surface area contributed by atoms with Crippen LogP contribution in [0.3, 0.4) is 0 Å². The molecular weight excluding hydrogens is 374 g/mol. The maximum atomic E-state index is 12.4. The standard InChI is InChI=1S/C18H14ClN3O3S/c1-10-8-15(22-17(24)11-4-2-3-5-12(11)19)26-16(10)18(25)21-13-9-20-7-6-14(13)23/h2-9H,1H3,(H,20,23)(H,21,25)(H,22,24). The highest BCUT2D eigenvalue weighted by Crippen LogP contribution is 2.28. The van der Waals surface area contributed by atoms with Gasteiger partial charge < -0.3 is 15.6 Å². The van der Waals surface area contributed by atoms with E-state index in [4.69, 9.17) is 11.6 Å². The van der Waals surface area contributed by atoms with Crippen LogP contribution in [0.2, 0.25) is 5.02 Å². The first-order chi connectivity index (χ1) is 12.5. The number of amides is 2. The van der Waals surface area contributed by atoms with Crippen molar-refractivity contribution in [3.05, 3.63) is 80.0 Å². The molecule has 0 aliphatic carbocycles. The number of benzene rings is 1. The van der Waals surface area contributed by atoms with Gasteiger partial charge >= 0.3 is 0 Å².